The summed E-state index contributed by atoms with van der Waals surface area (Å²) in [6.07, 6.45) is 0.672. The molecule has 5 heteroatoms. The van der Waals surface area contributed by atoms with E-state index >= 15 is 0 Å². The molecule has 1 aliphatic rings. The van der Waals surface area contributed by atoms with E-state index in [-0.39, 0.29) is 5.41 Å². The number of nitrogens with one attached hydrogen (secondary N) is 1. The topological polar surface area (TPSA) is 32.1 Å². The lowest BCUT2D eigenvalue weighted by atomic mass is 9.86. The summed E-state index contributed by atoms with van der Waals surface area (Å²) in [7, 11) is 0. The van der Waals surface area contributed by atoms with E-state index < -0.39 is 0 Å². The van der Waals surface area contributed by atoms with Crippen LogP contribution in [0.2, 0.25) is 5.02 Å². The Kier molecular flexibility index (Phi) is 7.56. The third-order valence-corrected chi connectivity index (χ3v) is 4.69. The molecule has 1 saturated heterocycles. The number of halogens is 1. The van der Waals surface area contributed by atoms with Crippen molar-refractivity contribution in [3.05, 3.63) is 28.8 Å². The minimum atomic E-state index is -0.00578. The highest BCUT2D eigenvalue weighted by Gasteiger charge is 2.25. The average molecular weight is 371 g/mol. The first kappa shape index (κ1) is 20.5. The highest BCUT2D eigenvalue weighted by atomic mass is 35.5. The summed E-state index contributed by atoms with van der Waals surface area (Å²) in [5.74, 6) is 0.891. The second kappa shape index (κ2) is 9.22. The smallest absolute Gasteiger partial charge is 0.123 e. The molecule has 0 unspecified atom stereocenters. The van der Waals surface area contributed by atoms with Crippen molar-refractivity contribution in [2.45, 2.75) is 52.2 Å². The van der Waals surface area contributed by atoms with Crippen LogP contribution in [0.15, 0.2) is 18.2 Å². The zero-order valence-corrected chi connectivity index (χ0v) is 17.0. The Bertz CT molecular complexity index is 534. The summed E-state index contributed by atoms with van der Waals surface area (Å²) in [6, 6.07) is 5.81. The number of quaternary nitrogens is 1. The van der Waals surface area contributed by atoms with Crippen molar-refractivity contribution in [2.24, 2.45) is 0 Å². The van der Waals surface area contributed by atoms with Crippen LogP contribution in [0.4, 0.5) is 0 Å². The van der Waals surface area contributed by atoms with Gasteiger partial charge in [-0.05, 0) is 37.5 Å². The molecule has 2 atom stereocenters. The fourth-order valence-electron chi connectivity index (χ4n) is 3.34. The molecular formula is C20H33ClNO3+. The molecule has 4 nitrogen and oxygen atoms in total. The highest BCUT2D eigenvalue weighted by molar-refractivity contribution is 6.30. The predicted molar refractivity (Wildman–Crippen MR) is 102 cm³/mol. The molecule has 2 rings (SSSR count). The van der Waals surface area contributed by atoms with Gasteiger partial charge in [-0.2, -0.15) is 0 Å². The van der Waals surface area contributed by atoms with Crippen LogP contribution in [0.25, 0.3) is 0 Å². The second-order valence-corrected chi connectivity index (χ2v) is 8.45. The minimum absolute atomic E-state index is 0.00578. The quantitative estimate of drug-likeness (QED) is 0.749. The summed E-state index contributed by atoms with van der Waals surface area (Å²) >= 11 is 6.13. The van der Waals surface area contributed by atoms with Gasteiger partial charge in [0.05, 0.1) is 13.2 Å². The van der Waals surface area contributed by atoms with Gasteiger partial charge in [-0.3, -0.25) is 0 Å². The number of rotatable bonds is 7. The Morgan fingerprint density at radius 1 is 1.12 bits per heavy atom. The normalized spacial score (nSPS) is 24.3. The van der Waals surface area contributed by atoms with Crippen molar-refractivity contribution >= 4 is 11.6 Å². The molecule has 0 amide bonds. The third kappa shape index (κ3) is 6.78. The number of morpholine rings is 1. The molecule has 1 aromatic rings. The van der Waals surface area contributed by atoms with E-state index in [1.807, 2.05) is 18.2 Å². The Hall–Kier alpha value is -0.810. The van der Waals surface area contributed by atoms with Crippen molar-refractivity contribution < 1.29 is 19.1 Å². The van der Waals surface area contributed by atoms with Crippen molar-refractivity contribution in [3.63, 3.8) is 0 Å². The number of hydrogen-bond acceptors (Lipinski definition) is 3. The summed E-state index contributed by atoms with van der Waals surface area (Å²) < 4.78 is 17.5. The fraction of sp³-hybridized carbons (Fsp3) is 0.700. The van der Waals surface area contributed by atoms with E-state index in [4.69, 9.17) is 25.8 Å². The van der Waals surface area contributed by atoms with Crippen molar-refractivity contribution in [1.82, 2.24) is 0 Å². The first-order valence-electron chi connectivity index (χ1n) is 9.25. The third-order valence-electron chi connectivity index (χ3n) is 4.45. The van der Waals surface area contributed by atoms with Gasteiger partial charge < -0.3 is 19.1 Å². The second-order valence-electron chi connectivity index (χ2n) is 8.02. The first-order chi connectivity index (χ1) is 11.8. The molecule has 1 aromatic carbocycles. The molecule has 0 saturated carbocycles. The van der Waals surface area contributed by atoms with Gasteiger partial charge in [0, 0.05) is 10.6 Å². The van der Waals surface area contributed by atoms with Crippen molar-refractivity contribution in [1.29, 1.82) is 0 Å². The molecule has 0 spiro atoms. The zero-order valence-electron chi connectivity index (χ0n) is 16.2. The van der Waals surface area contributed by atoms with E-state index in [1.54, 1.807) is 4.90 Å². The maximum absolute atomic E-state index is 6.13. The lowest BCUT2D eigenvalue weighted by Gasteiger charge is -2.32. The van der Waals surface area contributed by atoms with E-state index in [0.29, 0.717) is 25.4 Å². The Morgan fingerprint density at radius 3 is 2.44 bits per heavy atom. The van der Waals surface area contributed by atoms with E-state index in [9.17, 15) is 0 Å². The minimum Gasteiger partial charge on any atom is -0.491 e. The molecule has 0 bridgehead atoms. The van der Waals surface area contributed by atoms with Crippen LogP contribution in [0.1, 0.15) is 40.2 Å². The lowest BCUT2D eigenvalue weighted by molar-refractivity contribution is -0.915. The number of hydrogen-bond donors (Lipinski definition) is 1. The van der Waals surface area contributed by atoms with Gasteiger partial charge in [0.25, 0.3) is 0 Å². The van der Waals surface area contributed by atoms with Crippen LogP contribution >= 0.6 is 11.6 Å². The molecule has 1 heterocycles. The SMILES string of the molecule is C[C@@H]1C[NH+](CCOCCOc2ccc(Cl)cc2C(C)(C)C)C[C@@H](C)O1. The monoisotopic (exact) mass is 370 g/mol. The summed E-state index contributed by atoms with van der Waals surface area (Å²) in [5.41, 5.74) is 1.12. The maximum Gasteiger partial charge on any atom is 0.123 e. The number of benzene rings is 1. The van der Waals surface area contributed by atoms with E-state index in [2.05, 4.69) is 34.6 Å². The van der Waals surface area contributed by atoms with E-state index in [0.717, 1.165) is 42.6 Å². The fourth-order valence-corrected chi connectivity index (χ4v) is 3.51. The molecule has 1 fully saturated rings. The summed E-state index contributed by atoms with van der Waals surface area (Å²) in [6.45, 7) is 15.8. The van der Waals surface area contributed by atoms with Crippen LogP contribution in [0, 0.1) is 0 Å². The van der Waals surface area contributed by atoms with Crippen LogP contribution in [-0.2, 0) is 14.9 Å². The average Bonchev–Trinajstić information content (AvgIpc) is 2.50. The van der Waals surface area contributed by atoms with Crippen molar-refractivity contribution in [2.75, 3.05) is 39.5 Å². The largest absolute Gasteiger partial charge is 0.491 e. The van der Waals surface area contributed by atoms with Gasteiger partial charge in [0.2, 0.25) is 0 Å². The summed E-state index contributed by atoms with van der Waals surface area (Å²) in [4.78, 5) is 1.56. The Labute approximate surface area is 157 Å². The van der Waals surface area contributed by atoms with Gasteiger partial charge in [-0.15, -0.1) is 0 Å². The van der Waals surface area contributed by atoms with Crippen LogP contribution in [-0.4, -0.2) is 51.7 Å². The van der Waals surface area contributed by atoms with Crippen LogP contribution in [0.3, 0.4) is 0 Å². The van der Waals surface area contributed by atoms with Crippen molar-refractivity contribution in [3.8, 4) is 5.75 Å². The van der Waals surface area contributed by atoms with Gasteiger partial charge in [0.1, 0.15) is 44.2 Å². The molecule has 0 aromatic heterocycles. The molecule has 25 heavy (non-hydrogen) atoms. The van der Waals surface area contributed by atoms with Crippen LogP contribution in [0.5, 0.6) is 5.75 Å². The first-order valence-corrected chi connectivity index (χ1v) is 9.63. The molecule has 142 valence electrons. The Morgan fingerprint density at radius 2 is 1.80 bits per heavy atom. The van der Waals surface area contributed by atoms with Gasteiger partial charge >= 0.3 is 0 Å². The zero-order chi connectivity index (χ0) is 18.4. The summed E-state index contributed by atoms with van der Waals surface area (Å²) in [5, 5.41) is 0.741. The van der Waals surface area contributed by atoms with Gasteiger partial charge in [0.15, 0.2) is 0 Å². The maximum atomic E-state index is 6.13. The van der Waals surface area contributed by atoms with Crippen LogP contribution < -0.4 is 9.64 Å². The molecule has 0 aliphatic carbocycles. The lowest BCUT2D eigenvalue weighted by Crippen LogP contribution is -3.15. The highest BCUT2D eigenvalue weighted by Crippen LogP contribution is 2.33. The molecular weight excluding hydrogens is 338 g/mol. The van der Waals surface area contributed by atoms with E-state index in [1.165, 1.54) is 0 Å². The van der Waals surface area contributed by atoms with Gasteiger partial charge in [-0.1, -0.05) is 32.4 Å². The standard InChI is InChI=1S/C20H32ClNO3/c1-15-13-22(14-16(2)25-15)8-9-23-10-11-24-19-7-6-17(21)12-18(19)20(3,4)5/h6-7,12,15-16H,8-11,13-14H2,1-5H3/p+1/t15-,16-/m1/s1. The molecule has 1 aliphatic heterocycles. The predicted octanol–water partition coefficient (Wildman–Crippen LogP) is 2.73. The number of ether oxygens (including phenoxy) is 3. The van der Waals surface area contributed by atoms with Gasteiger partial charge in [-0.25, -0.2) is 0 Å². The molecule has 1 N–H and O–H groups in total. The Balaban J connectivity index is 1.70. The molecule has 0 radical (unpaired) electrons.